The van der Waals surface area contributed by atoms with Crippen LogP contribution in [0.4, 0.5) is 5.69 Å². The van der Waals surface area contributed by atoms with Crippen LogP contribution in [0.25, 0.3) is 10.8 Å². The second-order valence-electron chi connectivity index (χ2n) is 6.30. The number of nitrogens with zero attached hydrogens (tertiary/aromatic N) is 4. The highest BCUT2D eigenvalue weighted by Gasteiger charge is 2.23. The molecular weight excluding hydrogens is 374 g/mol. The molecule has 3 aromatic rings. The van der Waals surface area contributed by atoms with Crippen LogP contribution in [0.2, 0.25) is 0 Å². The average Bonchev–Trinajstić information content (AvgIpc) is 3.39. The lowest BCUT2D eigenvalue weighted by Crippen LogP contribution is -2.42. The Hall–Kier alpha value is -3.02. The Labute approximate surface area is 167 Å². The van der Waals surface area contributed by atoms with Gasteiger partial charge in [-0.2, -0.15) is 5.26 Å². The van der Waals surface area contributed by atoms with Crippen molar-refractivity contribution in [2.75, 3.05) is 11.9 Å². The number of amides is 1. The average molecular weight is 395 g/mol. The zero-order valence-corrected chi connectivity index (χ0v) is 16.6. The third-order valence-electron chi connectivity index (χ3n) is 4.26. The third-order valence-corrected chi connectivity index (χ3v) is 5.11. The summed E-state index contributed by atoms with van der Waals surface area (Å²) < 4.78 is 5.76. The van der Waals surface area contributed by atoms with E-state index in [1.165, 1.54) is 11.3 Å². The van der Waals surface area contributed by atoms with Gasteiger partial charge in [-0.05, 0) is 55.6 Å². The summed E-state index contributed by atoms with van der Waals surface area (Å²) in [5.41, 5.74) is 1.21. The molecule has 1 aromatic carbocycles. The number of hydrogen-bond donors (Lipinski definition) is 1. The van der Waals surface area contributed by atoms with Gasteiger partial charge in [-0.25, -0.2) is 0 Å². The van der Waals surface area contributed by atoms with Crippen molar-refractivity contribution < 1.29 is 9.21 Å². The lowest BCUT2D eigenvalue weighted by atomic mass is 10.2. The van der Waals surface area contributed by atoms with Crippen LogP contribution in [-0.2, 0) is 11.3 Å². The molecule has 28 heavy (non-hydrogen) atoms. The number of nitrogens with one attached hydrogen (secondary N) is 1. The number of anilines is 1. The summed E-state index contributed by atoms with van der Waals surface area (Å²) in [4.78, 5) is 15.6. The van der Waals surface area contributed by atoms with Crippen LogP contribution in [0.1, 0.15) is 31.7 Å². The van der Waals surface area contributed by atoms with Gasteiger partial charge in [0, 0.05) is 5.69 Å². The Morgan fingerprint density at radius 3 is 2.75 bits per heavy atom. The van der Waals surface area contributed by atoms with Gasteiger partial charge in [0.15, 0.2) is 0 Å². The summed E-state index contributed by atoms with van der Waals surface area (Å²) >= 11 is 1.54. The summed E-state index contributed by atoms with van der Waals surface area (Å²) in [5.74, 6) is 0.849. The van der Waals surface area contributed by atoms with Crippen molar-refractivity contribution in [1.29, 1.82) is 5.26 Å². The molecule has 3 rings (SSSR count). The van der Waals surface area contributed by atoms with Gasteiger partial charge in [0.2, 0.25) is 11.8 Å². The van der Waals surface area contributed by atoms with E-state index >= 15 is 0 Å². The molecule has 1 N–H and O–H groups in total. The fraction of sp³-hybridized carbons (Fsp3) is 0.300. The SMILES string of the molecule is CCCN(Cc1nnc(-c2cccs2)o1)[C@@H](C)C(=O)Nc1ccc(C#N)cc1. The Morgan fingerprint density at radius 2 is 2.11 bits per heavy atom. The second-order valence-corrected chi connectivity index (χ2v) is 7.25. The molecule has 0 saturated heterocycles. The predicted molar refractivity (Wildman–Crippen MR) is 108 cm³/mol. The number of thiophene rings is 1. The lowest BCUT2D eigenvalue weighted by Gasteiger charge is -2.26. The van der Waals surface area contributed by atoms with Crippen LogP contribution in [-0.4, -0.2) is 33.6 Å². The Bertz CT molecular complexity index is 944. The van der Waals surface area contributed by atoms with Crippen molar-refractivity contribution in [3.05, 3.63) is 53.2 Å². The first-order valence-electron chi connectivity index (χ1n) is 9.02. The molecule has 0 radical (unpaired) electrons. The number of benzene rings is 1. The molecule has 1 amide bonds. The van der Waals surface area contributed by atoms with Crippen LogP contribution in [0.15, 0.2) is 46.2 Å². The van der Waals surface area contributed by atoms with Gasteiger partial charge >= 0.3 is 0 Å². The van der Waals surface area contributed by atoms with Crippen molar-refractivity contribution in [3.63, 3.8) is 0 Å². The number of aromatic nitrogens is 2. The van der Waals surface area contributed by atoms with E-state index in [1.807, 2.05) is 29.3 Å². The maximum absolute atomic E-state index is 12.7. The first kappa shape index (κ1) is 19.7. The van der Waals surface area contributed by atoms with Crippen molar-refractivity contribution in [2.45, 2.75) is 32.9 Å². The van der Waals surface area contributed by atoms with E-state index in [4.69, 9.17) is 9.68 Å². The first-order valence-corrected chi connectivity index (χ1v) is 9.90. The van der Waals surface area contributed by atoms with E-state index in [-0.39, 0.29) is 11.9 Å². The molecule has 1 atom stereocenters. The van der Waals surface area contributed by atoms with Crippen LogP contribution in [0.5, 0.6) is 0 Å². The van der Waals surface area contributed by atoms with Crippen LogP contribution in [0.3, 0.4) is 0 Å². The van der Waals surface area contributed by atoms with Crippen molar-refractivity contribution in [1.82, 2.24) is 15.1 Å². The normalized spacial score (nSPS) is 11.9. The van der Waals surface area contributed by atoms with E-state index in [1.54, 1.807) is 24.3 Å². The molecule has 0 fully saturated rings. The zero-order valence-electron chi connectivity index (χ0n) is 15.8. The summed E-state index contributed by atoms with van der Waals surface area (Å²) in [6.45, 7) is 5.03. The molecule has 2 aromatic heterocycles. The highest BCUT2D eigenvalue weighted by Crippen LogP contribution is 2.23. The van der Waals surface area contributed by atoms with Gasteiger partial charge < -0.3 is 9.73 Å². The maximum atomic E-state index is 12.7. The lowest BCUT2D eigenvalue weighted by molar-refractivity contribution is -0.121. The molecule has 0 aliphatic carbocycles. The Balaban J connectivity index is 1.66. The molecule has 0 saturated carbocycles. The van der Waals surface area contributed by atoms with Crippen molar-refractivity contribution >= 4 is 22.9 Å². The van der Waals surface area contributed by atoms with Crippen LogP contribution in [0, 0.1) is 11.3 Å². The fourth-order valence-electron chi connectivity index (χ4n) is 2.73. The highest BCUT2D eigenvalue weighted by molar-refractivity contribution is 7.13. The third kappa shape index (κ3) is 4.82. The molecule has 0 unspecified atom stereocenters. The van der Waals surface area contributed by atoms with E-state index in [0.717, 1.165) is 17.8 Å². The largest absolute Gasteiger partial charge is 0.419 e. The number of carbonyl (C=O) groups is 1. The standard InChI is InChI=1S/C20H21N5O2S/c1-3-10-25(13-18-23-24-20(27-18)17-5-4-11-28-17)14(2)19(26)22-16-8-6-15(12-21)7-9-16/h4-9,11,14H,3,10,13H2,1-2H3,(H,22,26)/t14-/m0/s1. The maximum Gasteiger partial charge on any atom is 0.257 e. The van der Waals surface area contributed by atoms with Gasteiger partial charge in [-0.15, -0.1) is 21.5 Å². The summed E-state index contributed by atoms with van der Waals surface area (Å²) in [5, 5.41) is 21.9. The van der Waals surface area contributed by atoms with E-state index < -0.39 is 0 Å². The van der Waals surface area contributed by atoms with Gasteiger partial charge in [0.25, 0.3) is 5.89 Å². The topological polar surface area (TPSA) is 95.1 Å². The smallest absolute Gasteiger partial charge is 0.257 e. The van der Waals surface area contributed by atoms with Crippen LogP contribution < -0.4 is 5.32 Å². The summed E-state index contributed by atoms with van der Waals surface area (Å²) in [6.07, 6.45) is 0.889. The van der Waals surface area contributed by atoms with E-state index in [9.17, 15) is 4.79 Å². The van der Waals surface area contributed by atoms with Gasteiger partial charge in [-0.3, -0.25) is 9.69 Å². The number of carbonyl (C=O) groups excluding carboxylic acids is 1. The summed E-state index contributed by atoms with van der Waals surface area (Å²) in [6, 6.07) is 12.3. The predicted octanol–water partition coefficient (Wildman–Crippen LogP) is 3.91. The molecule has 0 bridgehead atoms. The molecule has 2 heterocycles. The molecule has 144 valence electrons. The molecule has 0 aliphatic rings. The monoisotopic (exact) mass is 395 g/mol. The first-order chi connectivity index (χ1) is 13.6. The molecule has 8 heteroatoms. The van der Waals surface area contributed by atoms with Crippen molar-refractivity contribution in [3.8, 4) is 16.8 Å². The highest BCUT2D eigenvalue weighted by atomic mass is 32.1. The molecule has 0 spiro atoms. The van der Waals surface area contributed by atoms with E-state index in [2.05, 4.69) is 28.5 Å². The molecular formula is C20H21N5O2S. The van der Waals surface area contributed by atoms with Gasteiger partial charge in [0.05, 0.1) is 29.1 Å². The van der Waals surface area contributed by atoms with Gasteiger partial charge in [0.1, 0.15) is 0 Å². The van der Waals surface area contributed by atoms with Crippen molar-refractivity contribution in [2.24, 2.45) is 0 Å². The number of nitriles is 1. The number of rotatable bonds is 8. The van der Waals surface area contributed by atoms with Crippen LogP contribution >= 0.6 is 11.3 Å². The molecule has 0 aliphatic heterocycles. The number of hydrogen-bond acceptors (Lipinski definition) is 7. The fourth-order valence-corrected chi connectivity index (χ4v) is 3.37. The van der Waals surface area contributed by atoms with Gasteiger partial charge in [-0.1, -0.05) is 13.0 Å². The minimum Gasteiger partial charge on any atom is -0.419 e. The second kappa shape index (κ2) is 9.26. The quantitative estimate of drug-likeness (QED) is 0.621. The minimum absolute atomic E-state index is 0.129. The molecule has 7 nitrogen and oxygen atoms in total. The van der Waals surface area contributed by atoms with E-state index in [0.29, 0.717) is 29.6 Å². The Morgan fingerprint density at radius 1 is 1.32 bits per heavy atom. The Kier molecular flexibility index (Phi) is 6.53. The summed E-state index contributed by atoms with van der Waals surface area (Å²) in [7, 11) is 0. The minimum atomic E-state index is -0.382. The zero-order chi connectivity index (χ0) is 19.9.